The molecule has 0 aliphatic carbocycles. The van der Waals surface area contributed by atoms with Gasteiger partial charge in [-0.05, 0) is 44.4 Å². The Balaban J connectivity index is 2.07. The summed E-state index contributed by atoms with van der Waals surface area (Å²) < 4.78 is 27.3. The number of amides is 1. The van der Waals surface area contributed by atoms with Gasteiger partial charge in [0.2, 0.25) is 15.9 Å². The maximum Gasteiger partial charge on any atom is 0.243 e. The first-order chi connectivity index (χ1) is 14.1. The molecule has 2 N–H and O–H groups in total. The minimum atomic E-state index is -3.58. The third-order valence-electron chi connectivity index (χ3n) is 5.80. The van der Waals surface area contributed by atoms with E-state index < -0.39 is 10.0 Å². The first-order valence-corrected chi connectivity index (χ1v) is 12.5. The van der Waals surface area contributed by atoms with Crippen LogP contribution in [0.5, 0.6) is 0 Å². The molecule has 1 aliphatic heterocycles. The van der Waals surface area contributed by atoms with E-state index in [2.05, 4.69) is 29.4 Å². The van der Waals surface area contributed by atoms with Crippen molar-refractivity contribution >= 4 is 21.6 Å². The van der Waals surface area contributed by atoms with Gasteiger partial charge in [-0.3, -0.25) is 9.69 Å². The number of nitrogens with one attached hydrogen (secondary N) is 2. The molecule has 1 aromatic carbocycles. The summed E-state index contributed by atoms with van der Waals surface area (Å²) >= 11 is 0. The van der Waals surface area contributed by atoms with Gasteiger partial charge in [-0.1, -0.05) is 33.8 Å². The summed E-state index contributed by atoms with van der Waals surface area (Å²) in [5.41, 5.74) is 1.19. The van der Waals surface area contributed by atoms with Crippen LogP contribution in [0, 0.1) is 6.92 Å². The number of benzene rings is 1. The number of likely N-dealkylation sites (tertiary alicyclic amines) is 1. The van der Waals surface area contributed by atoms with E-state index in [0.717, 1.165) is 25.9 Å². The van der Waals surface area contributed by atoms with Crippen molar-refractivity contribution in [1.82, 2.24) is 14.5 Å². The van der Waals surface area contributed by atoms with E-state index in [1.807, 2.05) is 20.8 Å². The molecule has 1 amide bonds. The Morgan fingerprint density at radius 2 is 1.77 bits per heavy atom. The molecule has 1 saturated heterocycles. The van der Waals surface area contributed by atoms with Crippen molar-refractivity contribution in [3.63, 3.8) is 0 Å². The lowest BCUT2D eigenvalue weighted by Gasteiger charge is -2.36. The Kier molecular flexibility index (Phi) is 8.85. The molecule has 1 fully saturated rings. The first kappa shape index (κ1) is 24.8. The monoisotopic (exact) mass is 438 g/mol. The second kappa shape index (κ2) is 10.7. The Hall–Kier alpha value is -1.48. The standard InChI is InChI=1S/C22H38N4O3S/c1-7-26(8-2)30(28,29)21-15-20(10-9-17(21)5)24-22(27)18(6)25-13-11-19(12-14-25)23-16(3)4/h9-10,15-16,18-19,23H,7-8,11-14H2,1-6H3,(H,24,27). The summed E-state index contributed by atoms with van der Waals surface area (Å²) in [6.07, 6.45) is 2.04. The van der Waals surface area contributed by atoms with Crippen LogP contribution >= 0.6 is 0 Å². The van der Waals surface area contributed by atoms with Crippen molar-refractivity contribution in [2.24, 2.45) is 0 Å². The molecule has 1 heterocycles. The smallest absolute Gasteiger partial charge is 0.243 e. The van der Waals surface area contributed by atoms with Crippen LogP contribution < -0.4 is 10.6 Å². The molecule has 30 heavy (non-hydrogen) atoms. The normalized spacial score (nSPS) is 17.5. The fourth-order valence-corrected chi connectivity index (χ4v) is 5.70. The summed E-state index contributed by atoms with van der Waals surface area (Å²) in [5.74, 6) is -0.111. The fourth-order valence-electron chi connectivity index (χ4n) is 4.00. The Bertz CT molecular complexity index is 814. The van der Waals surface area contributed by atoms with Crippen molar-refractivity contribution in [2.45, 2.75) is 77.4 Å². The Labute approximate surface area is 182 Å². The van der Waals surface area contributed by atoms with Gasteiger partial charge in [0.15, 0.2) is 0 Å². The number of aryl methyl sites for hydroxylation is 1. The van der Waals surface area contributed by atoms with Crippen LogP contribution in [0.2, 0.25) is 0 Å². The zero-order valence-corrected chi connectivity index (χ0v) is 20.1. The van der Waals surface area contributed by atoms with E-state index in [0.29, 0.717) is 36.4 Å². The van der Waals surface area contributed by atoms with Crippen LogP contribution in [0.1, 0.15) is 53.0 Å². The minimum Gasteiger partial charge on any atom is -0.325 e. The number of piperidine rings is 1. The van der Waals surface area contributed by atoms with E-state index >= 15 is 0 Å². The number of anilines is 1. The van der Waals surface area contributed by atoms with Crippen LogP contribution in [0.25, 0.3) is 0 Å². The Morgan fingerprint density at radius 1 is 1.17 bits per heavy atom. The third-order valence-corrected chi connectivity index (χ3v) is 8.00. The van der Waals surface area contributed by atoms with Crippen molar-refractivity contribution in [3.05, 3.63) is 23.8 Å². The number of nitrogens with zero attached hydrogens (tertiary/aromatic N) is 2. The quantitative estimate of drug-likeness (QED) is 0.620. The topological polar surface area (TPSA) is 81.8 Å². The van der Waals surface area contributed by atoms with Crippen LogP contribution in [0.15, 0.2) is 23.1 Å². The van der Waals surface area contributed by atoms with Gasteiger partial charge in [-0.25, -0.2) is 8.42 Å². The predicted molar refractivity (Wildman–Crippen MR) is 122 cm³/mol. The lowest BCUT2D eigenvalue weighted by molar-refractivity contribution is -0.121. The van der Waals surface area contributed by atoms with Gasteiger partial charge in [-0.2, -0.15) is 4.31 Å². The van der Waals surface area contributed by atoms with Crippen LogP contribution in [0.4, 0.5) is 5.69 Å². The molecule has 1 atom stereocenters. The highest BCUT2D eigenvalue weighted by Gasteiger charge is 2.28. The number of carbonyl (C=O) groups is 1. The second-order valence-electron chi connectivity index (χ2n) is 8.37. The number of hydrogen-bond donors (Lipinski definition) is 2. The molecule has 170 valence electrons. The summed E-state index contributed by atoms with van der Waals surface area (Å²) in [7, 11) is -3.58. The summed E-state index contributed by atoms with van der Waals surface area (Å²) in [6.45, 7) is 14.2. The third kappa shape index (κ3) is 6.03. The molecule has 7 nitrogen and oxygen atoms in total. The zero-order chi connectivity index (χ0) is 22.5. The lowest BCUT2D eigenvalue weighted by Crippen LogP contribution is -2.50. The van der Waals surface area contributed by atoms with Gasteiger partial charge >= 0.3 is 0 Å². The van der Waals surface area contributed by atoms with E-state index in [-0.39, 0.29) is 16.8 Å². The van der Waals surface area contributed by atoms with Crippen molar-refractivity contribution in [3.8, 4) is 0 Å². The van der Waals surface area contributed by atoms with E-state index in [9.17, 15) is 13.2 Å². The van der Waals surface area contributed by atoms with Gasteiger partial charge in [-0.15, -0.1) is 0 Å². The molecule has 0 spiro atoms. The molecule has 8 heteroatoms. The number of carbonyl (C=O) groups excluding carboxylic acids is 1. The molecule has 0 bridgehead atoms. The van der Waals surface area contributed by atoms with Crippen molar-refractivity contribution < 1.29 is 13.2 Å². The predicted octanol–water partition coefficient (Wildman–Crippen LogP) is 2.81. The zero-order valence-electron chi connectivity index (χ0n) is 19.2. The second-order valence-corrected chi connectivity index (χ2v) is 10.3. The van der Waals surface area contributed by atoms with Crippen molar-refractivity contribution in [1.29, 1.82) is 0 Å². The minimum absolute atomic E-state index is 0.111. The number of rotatable bonds is 9. The average Bonchev–Trinajstić information content (AvgIpc) is 2.69. The largest absolute Gasteiger partial charge is 0.325 e. The van der Waals surface area contributed by atoms with Gasteiger partial charge < -0.3 is 10.6 Å². The number of sulfonamides is 1. The van der Waals surface area contributed by atoms with E-state index in [1.54, 1.807) is 25.1 Å². The lowest BCUT2D eigenvalue weighted by atomic mass is 10.0. The fraction of sp³-hybridized carbons (Fsp3) is 0.682. The van der Waals surface area contributed by atoms with Gasteiger partial charge in [0.25, 0.3) is 0 Å². The summed E-state index contributed by atoms with van der Waals surface area (Å²) in [5, 5.41) is 6.48. The van der Waals surface area contributed by atoms with Crippen LogP contribution in [0.3, 0.4) is 0 Å². The van der Waals surface area contributed by atoms with Gasteiger partial charge in [0.05, 0.1) is 10.9 Å². The molecule has 1 aromatic rings. The molecule has 0 aromatic heterocycles. The maximum absolute atomic E-state index is 12.9. The SMILES string of the molecule is CCN(CC)S(=O)(=O)c1cc(NC(=O)C(C)N2CCC(NC(C)C)CC2)ccc1C. The number of hydrogen-bond acceptors (Lipinski definition) is 5. The van der Waals surface area contributed by atoms with Crippen LogP contribution in [-0.2, 0) is 14.8 Å². The van der Waals surface area contributed by atoms with E-state index in [4.69, 9.17) is 0 Å². The molecule has 0 saturated carbocycles. The summed E-state index contributed by atoms with van der Waals surface area (Å²) in [6, 6.07) is 5.78. The highest BCUT2D eigenvalue weighted by molar-refractivity contribution is 7.89. The van der Waals surface area contributed by atoms with Crippen molar-refractivity contribution in [2.75, 3.05) is 31.5 Å². The molecule has 1 unspecified atom stereocenters. The van der Waals surface area contributed by atoms with Gasteiger partial charge in [0.1, 0.15) is 0 Å². The maximum atomic E-state index is 12.9. The highest BCUT2D eigenvalue weighted by atomic mass is 32.2. The molecular formula is C22H38N4O3S. The average molecular weight is 439 g/mol. The molecule has 2 rings (SSSR count). The van der Waals surface area contributed by atoms with E-state index in [1.165, 1.54) is 4.31 Å². The first-order valence-electron chi connectivity index (χ1n) is 11.0. The van der Waals surface area contributed by atoms with Crippen LogP contribution in [-0.4, -0.2) is 67.8 Å². The molecule has 0 radical (unpaired) electrons. The molecule has 1 aliphatic rings. The molecular weight excluding hydrogens is 400 g/mol. The Morgan fingerprint density at radius 3 is 2.30 bits per heavy atom. The highest BCUT2D eigenvalue weighted by Crippen LogP contribution is 2.24. The van der Waals surface area contributed by atoms with Gasteiger partial charge in [0, 0.05) is 44.0 Å². The summed E-state index contributed by atoms with van der Waals surface area (Å²) in [4.78, 5) is 15.3.